The number of hydrogen-bond acceptors (Lipinski definition) is 4. The van der Waals surface area contributed by atoms with E-state index in [-0.39, 0.29) is 24.0 Å². The topological polar surface area (TPSA) is 72.1 Å². The van der Waals surface area contributed by atoms with E-state index in [2.05, 4.69) is 29.2 Å². The van der Waals surface area contributed by atoms with Crippen molar-refractivity contribution in [2.75, 3.05) is 47.0 Å². The van der Waals surface area contributed by atoms with Crippen molar-refractivity contribution in [3.63, 3.8) is 0 Å². The zero-order valence-electron chi connectivity index (χ0n) is 15.7. The molecule has 0 spiro atoms. The Morgan fingerprint density at radius 1 is 1.28 bits per heavy atom. The minimum Gasteiger partial charge on any atom is -0.492 e. The van der Waals surface area contributed by atoms with Gasteiger partial charge in [0.25, 0.3) is 0 Å². The third-order valence-electron chi connectivity index (χ3n) is 3.59. The smallest absolute Gasteiger partial charge is 0.188 e. The minimum absolute atomic E-state index is 0. The van der Waals surface area contributed by atoms with E-state index >= 15 is 0 Å². The van der Waals surface area contributed by atoms with Crippen LogP contribution in [-0.4, -0.2) is 57.9 Å². The van der Waals surface area contributed by atoms with Crippen LogP contribution in [0.25, 0.3) is 0 Å². The fraction of sp³-hybridized carbons (Fsp3) is 0.611. The second kappa shape index (κ2) is 15.2. The summed E-state index contributed by atoms with van der Waals surface area (Å²) in [5, 5.41) is 3.11. The van der Waals surface area contributed by atoms with Gasteiger partial charge in [-0.1, -0.05) is 25.5 Å². The SMILES string of the molecule is CCCCNC(N)=NCc1cccc(OCCN(C)CCOC)c1.I. The number of hydrogen-bond donors (Lipinski definition) is 2. The monoisotopic (exact) mass is 464 g/mol. The van der Waals surface area contributed by atoms with Crippen molar-refractivity contribution in [3.8, 4) is 5.75 Å². The molecule has 0 amide bonds. The van der Waals surface area contributed by atoms with Gasteiger partial charge in [-0.3, -0.25) is 0 Å². The highest BCUT2D eigenvalue weighted by Crippen LogP contribution is 2.14. The fourth-order valence-electron chi connectivity index (χ4n) is 2.04. The van der Waals surface area contributed by atoms with Crippen molar-refractivity contribution >= 4 is 29.9 Å². The van der Waals surface area contributed by atoms with Gasteiger partial charge < -0.3 is 25.4 Å². The van der Waals surface area contributed by atoms with Gasteiger partial charge in [0.05, 0.1) is 13.2 Å². The Morgan fingerprint density at radius 2 is 2.04 bits per heavy atom. The zero-order valence-corrected chi connectivity index (χ0v) is 18.0. The number of unbranched alkanes of at least 4 members (excludes halogenated alkanes) is 1. The second-order valence-electron chi connectivity index (χ2n) is 5.77. The minimum atomic E-state index is 0. The van der Waals surface area contributed by atoms with Gasteiger partial charge in [-0.05, 0) is 31.2 Å². The molecular formula is C18H33IN4O2. The van der Waals surface area contributed by atoms with E-state index in [1.807, 2.05) is 24.3 Å². The number of benzene rings is 1. The van der Waals surface area contributed by atoms with E-state index in [1.54, 1.807) is 7.11 Å². The molecule has 3 N–H and O–H groups in total. The van der Waals surface area contributed by atoms with E-state index in [9.17, 15) is 0 Å². The number of nitrogens with zero attached hydrogens (tertiary/aromatic N) is 2. The van der Waals surface area contributed by atoms with Gasteiger partial charge >= 0.3 is 0 Å². The van der Waals surface area contributed by atoms with E-state index in [4.69, 9.17) is 15.2 Å². The van der Waals surface area contributed by atoms with E-state index in [0.717, 1.165) is 50.4 Å². The van der Waals surface area contributed by atoms with Crippen LogP contribution in [0.3, 0.4) is 0 Å². The summed E-state index contributed by atoms with van der Waals surface area (Å²) in [4.78, 5) is 6.54. The van der Waals surface area contributed by atoms with Gasteiger partial charge in [0.15, 0.2) is 5.96 Å². The summed E-state index contributed by atoms with van der Waals surface area (Å²) in [5.74, 6) is 1.36. The van der Waals surface area contributed by atoms with E-state index in [1.165, 1.54) is 0 Å². The first-order valence-corrected chi connectivity index (χ1v) is 8.58. The highest BCUT2D eigenvalue weighted by atomic mass is 127. The molecule has 144 valence electrons. The molecular weight excluding hydrogens is 431 g/mol. The standard InChI is InChI=1S/C18H32N4O2.HI/c1-4-5-9-20-18(19)21-15-16-7-6-8-17(14-16)24-13-11-22(2)10-12-23-3;/h6-8,14H,4-5,9-13,15H2,1-3H3,(H3,19,20,21);1H. The quantitative estimate of drug-likeness (QED) is 0.215. The van der Waals surface area contributed by atoms with Crippen molar-refractivity contribution in [1.29, 1.82) is 0 Å². The Bertz CT molecular complexity index is 486. The molecule has 0 saturated carbocycles. The number of guanidine groups is 1. The van der Waals surface area contributed by atoms with E-state index in [0.29, 0.717) is 19.1 Å². The van der Waals surface area contributed by atoms with Crippen molar-refractivity contribution in [2.24, 2.45) is 10.7 Å². The Kier molecular flexibility index (Phi) is 14.6. The fourth-order valence-corrected chi connectivity index (χ4v) is 2.04. The molecule has 0 aliphatic carbocycles. The van der Waals surface area contributed by atoms with Crippen LogP contribution in [0.4, 0.5) is 0 Å². The number of aliphatic imine (C=N–C) groups is 1. The molecule has 6 nitrogen and oxygen atoms in total. The summed E-state index contributed by atoms with van der Waals surface area (Å²) in [5.41, 5.74) is 6.93. The van der Waals surface area contributed by atoms with Crippen molar-refractivity contribution in [1.82, 2.24) is 10.2 Å². The Labute approximate surface area is 169 Å². The van der Waals surface area contributed by atoms with Crippen molar-refractivity contribution in [3.05, 3.63) is 29.8 Å². The molecule has 1 aromatic rings. The average Bonchev–Trinajstić information content (AvgIpc) is 2.59. The molecule has 0 aromatic heterocycles. The lowest BCUT2D eigenvalue weighted by atomic mass is 10.2. The van der Waals surface area contributed by atoms with E-state index < -0.39 is 0 Å². The molecule has 1 rings (SSSR count). The lowest BCUT2D eigenvalue weighted by Crippen LogP contribution is -2.32. The number of rotatable bonds is 12. The molecule has 0 bridgehead atoms. The van der Waals surface area contributed by atoms with Crippen LogP contribution in [-0.2, 0) is 11.3 Å². The summed E-state index contributed by atoms with van der Waals surface area (Å²) in [6, 6.07) is 7.99. The molecule has 7 heteroatoms. The predicted octanol–water partition coefficient (Wildman–Crippen LogP) is 2.47. The summed E-state index contributed by atoms with van der Waals surface area (Å²) >= 11 is 0. The number of likely N-dealkylation sites (N-methyl/N-ethyl adjacent to an activating group) is 1. The van der Waals surface area contributed by atoms with Gasteiger partial charge in [-0.2, -0.15) is 0 Å². The van der Waals surface area contributed by atoms with Crippen LogP contribution in [0.2, 0.25) is 0 Å². The van der Waals surface area contributed by atoms with Crippen LogP contribution in [0.5, 0.6) is 5.75 Å². The largest absolute Gasteiger partial charge is 0.492 e. The lowest BCUT2D eigenvalue weighted by Gasteiger charge is -2.16. The van der Waals surface area contributed by atoms with Crippen LogP contribution < -0.4 is 15.8 Å². The highest BCUT2D eigenvalue weighted by Gasteiger charge is 2.00. The number of nitrogens with one attached hydrogen (secondary N) is 1. The summed E-state index contributed by atoms with van der Waals surface area (Å²) in [6.45, 7) is 6.71. The molecule has 0 aliphatic heterocycles. The molecule has 0 atom stereocenters. The van der Waals surface area contributed by atoms with Crippen LogP contribution in [0.1, 0.15) is 25.3 Å². The molecule has 0 aliphatic rings. The maximum absolute atomic E-state index is 5.85. The van der Waals surface area contributed by atoms with Crippen LogP contribution >= 0.6 is 24.0 Å². The number of ether oxygens (including phenoxy) is 2. The Hall–Kier alpha value is -1.06. The lowest BCUT2D eigenvalue weighted by molar-refractivity contribution is 0.150. The summed E-state index contributed by atoms with van der Waals surface area (Å²) < 4.78 is 10.9. The maximum atomic E-state index is 5.85. The summed E-state index contributed by atoms with van der Waals surface area (Å²) in [7, 11) is 3.77. The normalized spacial score (nSPS) is 11.3. The first kappa shape index (κ1) is 23.9. The Morgan fingerprint density at radius 3 is 2.76 bits per heavy atom. The van der Waals surface area contributed by atoms with Gasteiger partial charge in [0.2, 0.25) is 0 Å². The summed E-state index contributed by atoms with van der Waals surface area (Å²) in [6.07, 6.45) is 2.23. The van der Waals surface area contributed by atoms with Crippen molar-refractivity contribution < 1.29 is 9.47 Å². The second-order valence-corrected chi connectivity index (χ2v) is 5.77. The molecule has 25 heavy (non-hydrogen) atoms. The van der Waals surface area contributed by atoms with Crippen molar-refractivity contribution in [2.45, 2.75) is 26.3 Å². The predicted molar refractivity (Wildman–Crippen MR) is 115 cm³/mol. The highest BCUT2D eigenvalue weighted by molar-refractivity contribution is 14.0. The number of methoxy groups -OCH3 is 1. The molecule has 0 heterocycles. The van der Waals surface area contributed by atoms with Crippen LogP contribution in [0.15, 0.2) is 29.3 Å². The zero-order chi connectivity index (χ0) is 17.6. The molecule has 0 fully saturated rings. The first-order chi connectivity index (χ1) is 11.7. The van der Waals surface area contributed by atoms with Gasteiger partial charge in [-0.15, -0.1) is 24.0 Å². The third-order valence-corrected chi connectivity index (χ3v) is 3.59. The molecule has 0 radical (unpaired) electrons. The third kappa shape index (κ3) is 12.0. The van der Waals surface area contributed by atoms with Gasteiger partial charge in [-0.25, -0.2) is 4.99 Å². The van der Waals surface area contributed by atoms with Crippen LogP contribution in [0, 0.1) is 0 Å². The Balaban J connectivity index is 0.00000576. The van der Waals surface area contributed by atoms with Gasteiger partial charge in [0, 0.05) is 26.7 Å². The first-order valence-electron chi connectivity index (χ1n) is 8.58. The number of nitrogens with two attached hydrogens (primary N) is 1. The van der Waals surface area contributed by atoms with Gasteiger partial charge in [0.1, 0.15) is 12.4 Å². The molecule has 1 aromatic carbocycles. The average molecular weight is 464 g/mol. The number of halogens is 1. The molecule has 0 saturated heterocycles. The maximum Gasteiger partial charge on any atom is 0.188 e. The molecule has 0 unspecified atom stereocenters.